The van der Waals surface area contributed by atoms with Gasteiger partial charge in [-0.05, 0) is 56.8 Å². The van der Waals surface area contributed by atoms with E-state index < -0.39 is 0 Å². The first-order valence-corrected chi connectivity index (χ1v) is 6.90. The lowest BCUT2D eigenvalue weighted by Crippen LogP contribution is -2.32. The summed E-state index contributed by atoms with van der Waals surface area (Å²) in [7, 11) is 2.06. The largest absolute Gasteiger partial charge is 0.317 e. The normalized spacial score (nSPS) is 18.1. The van der Waals surface area contributed by atoms with E-state index in [4.69, 9.17) is 0 Å². The molecular weight excluding hydrogens is 208 g/mol. The molecule has 0 spiro atoms. The number of pyridine rings is 1. The molecule has 1 atom stereocenters. The minimum Gasteiger partial charge on any atom is -0.317 e. The number of fused-ring (bicyclic) bond motifs is 1. The van der Waals surface area contributed by atoms with E-state index in [1.165, 1.54) is 28.9 Å². The second-order valence-corrected chi connectivity index (χ2v) is 4.43. The standard InChI is InChI=1S/C13H20N2.C2H6/c1-4-10-7-9(2)15-13-6-5-11(14-3)8-12(10)13;1-2/h7,11,14H,4-6,8H2,1-3H3;1-2H3. The zero-order valence-corrected chi connectivity index (χ0v) is 11.9. The number of rotatable bonds is 2. The SMILES string of the molecule is CC.CCc1cc(C)nc2c1CC(NC)CC2. The zero-order chi connectivity index (χ0) is 12.8. The van der Waals surface area contributed by atoms with Crippen molar-refractivity contribution in [2.45, 2.75) is 59.4 Å². The van der Waals surface area contributed by atoms with Crippen molar-refractivity contribution in [3.05, 3.63) is 28.6 Å². The predicted molar refractivity (Wildman–Crippen MR) is 74.6 cm³/mol. The Kier molecular flexibility index (Phi) is 5.63. The molecule has 0 radical (unpaired) electrons. The Hall–Kier alpha value is -0.890. The van der Waals surface area contributed by atoms with Crippen molar-refractivity contribution in [1.29, 1.82) is 0 Å². The zero-order valence-electron chi connectivity index (χ0n) is 11.9. The molecule has 1 unspecified atom stereocenters. The van der Waals surface area contributed by atoms with Crippen LogP contribution in [0.15, 0.2) is 6.07 Å². The van der Waals surface area contributed by atoms with Crippen molar-refractivity contribution >= 4 is 0 Å². The third-order valence-electron chi connectivity index (χ3n) is 3.40. The summed E-state index contributed by atoms with van der Waals surface area (Å²) in [5, 5.41) is 3.38. The van der Waals surface area contributed by atoms with Crippen LogP contribution >= 0.6 is 0 Å². The van der Waals surface area contributed by atoms with Crippen LogP contribution < -0.4 is 5.32 Å². The van der Waals surface area contributed by atoms with Gasteiger partial charge in [-0.15, -0.1) is 0 Å². The van der Waals surface area contributed by atoms with Gasteiger partial charge in [-0.1, -0.05) is 20.8 Å². The molecule has 2 heteroatoms. The molecule has 96 valence electrons. The van der Waals surface area contributed by atoms with Crippen LogP contribution in [0.2, 0.25) is 0 Å². The van der Waals surface area contributed by atoms with Crippen molar-refractivity contribution in [1.82, 2.24) is 10.3 Å². The number of nitrogens with one attached hydrogen (secondary N) is 1. The highest BCUT2D eigenvalue weighted by atomic mass is 14.9. The van der Waals surface area contributed by atoms with Crippen LogP contribution in [0.4, 0.5) is 0 Å². The molecule has 1 N–H and O–H groups in total. The van der Waals surface area contributed by atoms with Crippen LogP contribution in [0, 0.1) is 6.92 Å². The molecule has 17 heavy (non-hydrogen) atoms. The first-order valence-electron chi connectivity index (χ1n) is 6.90. The van der Waals surface area contributed by atoms with Crippen LogP contribution in [0.25, 0.3) is 0 Å². The monoisotopic (exact) mass is 234 g/mol. The van der Waals surface area contributed by atoms with Crippen molar-refractivity contribution in [3.63, 3.8) is 0 Å². The van der Waals surface area contributed by atoms with Crippen molar-refractivity contribution in [2.24, 2.45) is 0 Å². The molecule has 1 aliphatic rings. The maximum atomic E-state index is 4.66. The Morgan fingerprint density at radius 1 is 1.41 bits per heavy atom. The minimum absolute atomic E-state index is 0.646. The van der Waals surface area contributed by atoms with Crippen LogP contribution in [0.5, 0.6) is 0 Å². The number of aryl methyl sites for hydroxylation is 3. The third kappa shape index (κ3) is 3.29. The van der Waals surface area contributed by atoms with Crippen molar-refractivity contribution < 1.29 is 0 Å². The van der Waals surface area contributed by atoms with Gasteiger partial charge in [0.15, 0.2) is 0 Å². The lowest BCUT2D eigenvalue weighted by Gasteiger charge is -2.25. The van der Waals surface area contributed by atoms with Crippen LogP contribution in [-0.4, -0.2) is 18.1 Å². The highest BCUT2D eigenvalue weighted by Crippen LogP contribution is 2.24. The van der Waals surface area contributed by atoms with E-state index in [2.05, 4.69) is 37.3 Å². The molecule has 0 fully saturated rings. The molecule has 0 amide bonds. The number of hydrogen-bond donors (Lipinski definition) is 1. The Morgan fingerprint density at radius 2 is 2.12 bits per heavy atom. The summed E-state index contributed by atoms with van der Waals surface area (Å²) < 4.78 is 0. The molecule has 1 aliphatic carbocycles. The fourth-order valence-electron chi connectivity index (χ4n) is 2.51. The second-order valence-electron chi connectivity index (χ2n) is 4.43. The Balaban J connectivity index is 0.000000686. The van der Waals surface area contributed by atoms with Gasteiger partial charge in [-0.25, -0.2) is 0 Å². The Morgan fingerprint density at radius 3 is 2.71 bits per heavy atom. The minimum atomic E-state index is 0.646. The summed E-state index contributed by atoms with van der Waals surface area (Å²) in [4.78, 5) is 4.66. The van der Waals surface area contributed by atoms with E-state index in [1.54, 1.807) is 0 Å². The number of hydrogen-bond acceptors (Lipinski definition) is 2. The summed E-state index contributed by atoms with van der Waals surface area (Å²) in [5.41, 5.74) is 5.53. The average molecular weight is 234 g/mol. The lowest BCUT2D eigenvalue weighted by atomic mass is 9.87. The molecule has 1 aromatic heterocycles. The smallest absolute Gasteiger partial charge is 0.0442 e. The van der Waals surface area contributed by atoms with Gasteiger partial charge in [-0.2, -0.15) is 0 Å². The van der Waals surface area contributed by atoms with Gasteiger partial charge < -0.3 is 5.32 Å². The van der Waals surface area contributed by atoms with Gasteiger partial charge in [0.25, 0.3) is 0 Å². The fraction of sp³-hybridized carbons (Fsp3) is 0.667. The molecule has 1 heterocycles. The topological polar surface area (TPSA) is 24.9 Å². The van der Waals surface area contributed by atoms with E-state index in [1.807, 2.05) is 13.8 Å². The molecule has 0 bridgehead atoms. The van der Waals surface area contributed by atoms with Gasteiger partial charge in [0, 0.05) is 17.4 Å². The quantitative estimate of drug-likeness (QED) is 0.850. The fourth-order valence-corrected chi connectivity index (χ4v) is 2.51. The van der Waals surface area contributed by atoms with Crippen molar-refractivity contribution in [2.75, 3.05) is 7.05 Å². The first kappa shape index (κ1) is 14.2. The summed E-state index contributed by atoms with van der Waals surface area (Å²) in [5.74, 6) is 0. The van der Waals surface area contributed by atoms with Gasteiger partial charge in [0.2, 0.25) is 0 Å². The number of aromatic nitrogens is 1. The molecule has 2 nitrogen and oxygen atoms in total. The summed E-state index contributed by atoms with van der Waals surface area (Å²) >= 11 is 0. The van der Waals surface area contributed by atoms with Gasteiger partial charge in [-0.3, -0.25) is 4.98 Å². The maximum absolute atomic E-state index is 4.66. The molecule has 0 aromatic carbocycles. The average Bonchev–Trinajstić information content (AvgIpc) is 2.39. The molecule has 1 aromatic rings. The van der Waals surface area contributed by atoms with Crippen LogP contribution in [0.3, 0.4) is 0 Å². The van der Waals surface area contributed by atoms with Crippen LogP contribution in [0.1, 0.15) is 49.7 Å². The van der Waals surface area contributed by atoms with E-state index >= 15 is 0 Å². The van der Waals surface area contributed by atoms with E-state index in [-0.39, 0.29) is 0 Å². The van der Waals surface area contributed by atoms with E-state index in [0.29, 0.717) is 6.04 Å². The maximum Gasteiger partial charge on any atom is 0.0442 e. The highest BCUT2D eigenvalue weighted by molar-refractivity contribution is 5.35. The van der Waals surface area contributed by atoms with Gasteiger partial charge in [0.05, 0.1) is 0 Å². The molecule has 0 saturated heterocycles. The molecule has 0 aliphatic heterocycles. The molecule has 2 rings (SSSR count). The summed E-state index contributed by atoms with van der Waals surface area (Å²) in [6.07, 6.45) is 4.64. The molecule has 0 saturated carbocycles. The Bertz CT molecular complexity index is 341. The first-order chi connectivity index (χ1) is 8.24. The van der Waals surface area contributed by atoms with Crippen molar-refractivity contribution in [3.8, 4) is 0 Å². The summed E-state index contributed by atoms with van der Waals surface area (Å²) in [6.45, 7) is 8.33. The number of likely N-dealkylation sites (N-methyl/N-ethyl adjacent to an activating group) is 1. The summed E-state index contributed by atoms with van der Waals surface area (Å²) in [6, 6.07) is 2.89. The van der Waals surface area contributed by atoms with Gasteiger partial charge >= 0.3 is 0 Å². The van der Waals surface area contributed by atoms with Gasteiger partial charge in [0.1, 0.15) is 0 Å². The predicted octanol–water partition coefficient (Wildman–Crippen LogP) is 3.06. The number of nitrogens with zero attached hydrogens (tertiary/aromatic N) is 1. The lowest BCUT2D eigenvalue weighted by molar-refractivity contribution is 0.487. The van der Waals surface area contributed by atoms with E-state index in [9.17, 15) is 0 Å². The highest BCUT2D eigenvalue weighted by Gasteiger charge is 2.20. The second kappa shape index (κ2) is 6.75. The third-order valence-corrected chi connectivity index (χ3v) is 3.40. The van der Waals surface area contributed by atoms with E-state index in [0.717, 1.165) is 19.3 Å². The molecular formula is C15H26N2. The Labute approximate surface area is 106 Å². The van der Waals surface area contributed by atoms with Crippen LogP contribution in [-0.2, 0) is 19.3 Å².